The fourth-order valence-corrected chi connectivity index (χ4v) is 1.85. The average Bonchev–Trinajstić information content (AvgIpc) is 2.77. The van der Waals surface area contributed by atoms with Crippen molar-refractivity contribution in [3.05, 3.63) is 24.2 Å². The van der Waals surface area contributed by atoms with Crippen LogP contribution in [0.1, 0.15) is 46.8 Å². The standard InChI is InChI=1S/C15H24O3/c1-11(2)12(3)9-15(4,5)14(16)18-10-13-7-6-8-17-13/h6-8,11-12H,9-10H2,1-5H3. The highest BCUT2D eigenvalue weighted by atomic mass is 16.5. The Morgan fingerprint density at radius 1 is 1.39 bits per heavy atom. The minimum Gasteiger partial charge on any atom is -0.466 e. The molecule has 1 aromatic rings. The first-order valence-corrected chi connectivity index (χ1v) is 6.52. The maximum absolute atomic E-state index is 12.1. The lowest BCUT2D eigenvalue weighted by Gasteiger charge is -2.27. The highest BCUT2D eigenvalue weighted by Gasteiger charge is 2.32. The maximum atomic E-state index is 12.1. The molecule has 0 aliphatic rings. The Bertz CT molecular complexity index is 363. The van der Waals surface area contributed by atoms with Gasteiger partial charge in [-0.15, -0.1) is 0 Å². The van der Waals surface area contributed by atoms with Gasteiger partial charge in [0, 0.05) is 0 Å². The molecule has 1 rings (SSSR count). The van der Waals surface area contributed by atoms with Gasteiger partial charge in [-0.3, -0.25) is 4.79 Å². The lowest BCUT2D eigenvalue weighted by molar-refractivity contribution is -0.157. The molecule has 18 heavy (non-hydrogen) atoms. The number of hydrogen-bond donors (Lipinski definition) is 0. The third-order valence-corrected chi connectivity index (χ3v) is 3.45. The lowest BCUT2D eigenvalue weighted by atomic mass is 9.79. The second-order valence-electron chi connectivity index (χ2n) is 5.96. The van der Waals surface area contributed by atoms with Crippen molar-refractivity contribution in [2.24, 2.45) is 17.3 Å². The number of esters is 1. The summed E-state index contributed by atoms with van der Waals surface area (Å²) in [6.07, 6.45) is 2.41. The summed E-state index contributed by atoms with van der Waals surface area (Å²) in [4.78, 5) is 12.1. The van der Waals surface area contributed by atoms with E-state index in [1.165, 1.54) is 0 Å². The van der Waals surface area contributed by atoms with Gasteiger partial charge in [0.15, 0.2) is 0 Å². The van der Waals surface area contributed by atoms with Crippen LogP contribution in [0.3, 0.4) is 0 Å². The zero-order valence-corrected chi connectivity index (χ0v) is 12.0. The first kappa shape index (κ1) is 14.8. The SMILES string of the molecule is CC(C)C(C)CC(C)(C)C(=O)OCc1ccco1. The van der Waals surface area contributed by atoms with E-state index in [2.05, 4.69) is 20.8 Å². The summed E-state index contributed by atoms with van der Waals surface area (Å²) in [5.74, 6) is 1.58. The fourth-order valence-electron chi connectivity index (χ4n) is 1.85. The Hall–Kier alpha value is -1.25. The monoisotopic (exact) mass is 252 g/mol. The van der Waals surface area contributed by atoms with E-state index in [0.29, 0.717) is 17.6 Å². The van der Waals surface area contributed by atoms with Crippen LogP contribution >= 0.6 is 0 Å². The molecule has 0 aromatic carbocycles. The van der Waals surface area contributed by atoms with Crippen molar-refractivity contribution in [1.82, 2.24) is 0 Å². The molecule has 0 saturated carbocycles. The summed E-state index contributed by atoms with van der Waals surface area (Å²) in [6, 6.07) is 3.59. The van der Waals surface area contributed by atoms with Gasteiger partial charge in [-0.25, -0.2) is 0 Å². The topological polar surface area (TPSA) is 39.4 Å². The van der Waals surface area contributed by atoms with Crippen molar-refractivity contribution >= 4 is 5.97 Å². The molecule has 1 aromatic heterocycles. The van der Waals surface area contributed by atoms with Crippen LogP contribution in [0, 0.1) is 17.3 Å². The van der Waals surface area contributed by atoms with E-state index in [9.17, 15) is 4.79 Å². The molecule has 3 nitrogen and oxygen atoms in total. The normalized spacial score (nSPS) is 13.7. The van der Waals surface area contributed by atoms with Gasteiger partial charge >= 0.3 is 5.97 Å². The summed E-state index contributed by atoms with van der Waals surface area (Å²) in [5.41, 5.74) is -0.448. The number of rotatable bonds is 6. The first-order chi connectivity index (χ1) is 8.33. The van der Waals surface area contributed by atoms with Crippen molar-refractivity contribution in [3.8, 4) is 0 Å². The molecule has 1 unspecified atom stereocenters. The summed E-state index contributed by atoms with van der Waals surface area (Å²) in [6.45, 7) is 10.6. The fraction of sp³-hybridized carbons (Fsp3) is 0.667. The van der Waals surface area contributed by atoms with Gasteiger partial charge < -0.3 is 9.15 Å². The van der Waals surface area contributed by atoms with Crippen LogP contribution in [0.4, 0.5) is 0 Å². The van der Waals surface area contributed by atoms with Crippen molar-refractivity contribution in [2.45, 2.75) is 47.6 Å². The van der Waals surface area contributed by atoms with Gasteiger partial charge in [0.2, 0.25) is 0 Å². The number of ether oxygens (including phenoxy) is 1. The van der Waals surface area contributed by atoms with Gasteiger partial charge in [-0.1, -0.05) is 20.8 Å². The Morgan fingerprint density at radius 3 is 2.56 bits per heavy atom. The molecule has 0 aliphatic carbocycles. The molecule has 0 spiro atoms. The summed E-state index contributed by atoms with van der Waals surface area (Å²) in [7, 11) is 0. The highest BCUT2D eigenvalue weighted by molar-refractivity contribution is 5.75. The number of hydrogen-bond acceptors (Lipinski definition) is 3. The molecule has 0 radical (unpaired) electrons. The second kappa shape index (κ2) is 6.07. The quantitative estimate of drug-likeness (QED) is 0.717. The number of carbonyl (C=O) groups excluding carboxylic acids is 1. The molecular formula is C15H24O3. The van der Waals surface area contributed by atoms with Crippen LogP contribution in [0.15, 0.2) is 22.8 Å². The first-order valence-electron chi connectivity index (χ1n) is 6.52. The molecule has 1 atom stereocenters. The molecule has 0 bridgehead atoms. The van der Waals surface area contributed by atoms with Crippen molar-refractivity contribution < 1.29 is 13.9 Å². The molecule has 0 saturated heterocycles. The van der Waals surface area contributed by atoms with E-state index < -0.39 is 5.41 Å². The van der Waals surface area contributed by atoms with Gasteiger partial charge in [0.05, 0.1) is 11.7 Å². The number of furan rings is 1. The molecule has 0 N–H and O–H groups in total. The number of carbonyl (C=O) groups is 1. The third kappa shape index (κ3) is 4.21. The Balaban J connectivity index is 2.48. The van der Waals surface area contributed by atoms with Crippen LogP contribution in [-0.4, -0.2) is 5.97 Å². The van der Waals surface area contributed by atoms with Gasteiger partial charge in [-0.2, -0.15) is 0 Å². The summed E-state index contributed by atoms with van der Waals surface area (Å²) < 4.78 is 10.4. The van der Waals surface area contributed by atoms with E-state index in [1.807, 2.05) is 13.8 Å². The van der Waals surface area contributed by atoms with Crippen LogP contribution in [0.2, 0.25) is 0 Å². The van der Waals surface area contributed by atoms with Gasteiger partial charge in [-0.05, 0) is 44.2 Å². The molecule has 102 valence electrons. The summed E-state index contributed by atoms with van der Waals surface area (Å²) in [5, 5.41) is 0. The predicted molar refractivity (Wildman–Crippen MR) is 70.9 cm³/mol. The zero-order chi connectivity index (χ0) is 13.8. The Kier molecular flexibility index (Phi) is 5.00. The van der Waals surface area contributed by atoms with Crippen molar-refractivity contribution in [3.63, 3.8) is 0 Å². The highest BCUT2D eigenvalue weighted by Crippen LogP contribution is 2.30. The molecule has 0 fully saturated rings. The van der Waals surface area contributed by atoms with E-state index in [1.54, 1.807) is 18.4 Å². The largest absolute Gasteiger partial charge is 0.466 e. The van der Waals surface area contributed by atoms with Crippen LogP contribution < -0.4 is 0 Å². The van der Waals surface area contributed by atoms with Crippen LogP contribution in [0.25, 0.3) is 0 Å². The molecule has 3 heteroatoms. The second-order valence-corrected chi connectivity index (χ2v) is 5.96. The molecule has 1 heterocycles. The minimum atomic E-state index is -0.448. The van der Waals surface area contributed by atoms with E-state index in [4.69, 9.17) is 9.15 Å². The third-order valence-electron chi connectivity index (χ3n) is 3.45. The van der Waals surface area contributed by atoms with Gasteiger partial charge in [0.25, 0.3) is 0 Å². The molecule has 0 amide bonds. The Labute approximate surface area is 110 Å². The van der Waals surface area contributed by atoms with Crippen molar-refractivity contribution in [1.29, 1.82) is 0 Å². The predicted octanol–water partition coefficient (Wildman–Crippen LogP) is 4.03. The molecule has 0 aliphatic heterocycles. The lowest BCUT2D eigenvalue weighted by Crippen LogP contribution is -2.29. The zero-order valence-electron chi connectivity index (χ0n) is 12.0. The van der Waals surface area contributed by atoms with Gasteiger partial charge in [0.1, 0.15) is 12.4 Å². The van der Waals surface area contributed by atoms with Crippen LogP contribution in [-0.2, 0) is 16.1 Å². The van der Waals surface area contributed by atoms with E-state index in [-0.39, 0.29) is 12.6 Å². The summed E-state index contributed by atoms with van der Waals surface area (Å²) >= 11 is 0. The molecular weight excluding hydrogens is 228 g/mol. The van der Waals surface area contributed by atoms with Crippen molar-refractivity contribution in [2.75, 3.05) is 0 Å². The van der Waals surface area contributed by atoms with E-state index >= 15 is 0 Å². The Morgan fingerprint density at radius 2 is 2.06 bits per heavy atom. The van der Waals surface area contributed by atoms with E-state index in [0.717, 1.165) is 6.42 Å². The average molecular weight is 252 g/mol. The smallest absolute Gasteiger partial charge is 0.311 e. The van der Waals surface area contributed by atoms with Crippen LogP contribution in [0.5, 0.6) is 0 Å². The maximum Gasteiger partial charge on any atom is 0.311 e. The minimum absolute atomic E-state index is 0.161.